The molecule has 0 saturated carbocycles. The standard InChI is InChI=1S/C8H11N3O2S2/c1-14-8-11-5(6(9)15-8)7(12)10-4-2-13-3-4/h4H,2-3,9H2,1H3,(H,10,12). The second-order valence-electron chi connectivity index (χ2n) is 3.10. The van der Waals surface area contributed by atoms with Gasteiger partial charge >= 0.3 is 0 Å². The SMILES string of the molecule is CSc1nc(C(=O)NC2COC2)c(N)s1. The third-order valence-corrected chi connectivity index (χ3v) is 3.87. The number of anilines is 1. The lowest BCUT2D eigenvalue weighted by Gasteiger charge is -2.26. The van der Waals surface area contributed by atoms with Gasteiger partial charge in [0.2, 0.25) is 0 Å². The van der Waals surface area contributed by atoms with Crippen molar-refractivity contribution in [3.8, 4) is 0 Å². The average molecular weight is 245 g/mol. The number of thiazole rings is 1. The van der Waals surface area contributed by atoms with Gasteiger partial charge in [-0.1, -0.05) is 23.1 Å². The zero-order valence-corrected chi connectivity index (χ0v) is 9.78. The van der Waals surface area contributed by atoms with E-state index in [1.165, 1.54) is 23.1 Å². The number of aromatic nitrogens is 1. The van der Waals surface area contributed by atoms with Gasteiger partial charge in [0, 0.05) is 0 Å². The highest BCUT2D eigenvalue weighted by molar-refractivity contribution is 8.00. The van der Waals surface area contributed by atoms with E-state index in [-0.39, 0.29) is 11.9 Å². The summed E-state index contributed by atoms with van der Waals surface area (Å²) in [4.78, 5) is 15.8. The van der Waals surface area contributed by atoms with Crippen LogP contribution in [0.2, 0.25) is 0 Å². The topological polar surface area (TPSA) is 77.2 Å². The van der Waals surface area contributed by atoms with E-state index in [0.717, 1.165) is 4.34 Å². The zero-order valence-electron chi connectivity index (χ0n) is 8.15. The van der Waals surface area contributed by atoms with E-state index >= 15 is 0 Å². The van der Waals surface area contributed by atoms with E-state index in [2.05, 4.69) is 10.3 Å². The zero-order chi connectivity index (χ0) is 10.8. The number of nitrogens with zero attached hydrogens (tertiary/aromatic N) is 1. The first-order chi connectivity index (χ1) is 7.20. The van der Waals surface area contributed by atoms with Crippen LogP contribution < -0.4 is 11.1 Å². The first-order valence-electron chi connectivity index (χ1n) is 4.39. The van der Waals surface area contributed by atoms with Gasteiger partial charge in [0.05, 0.1) is 19.3 Å². The third-order valence-electron chi connectivity index (χ3n) is 2.00. The molecule has 1 aliphatic heterocycles. The van der Waals surface area contributed by atoms with Gasteiger partial charge in [0.15, 0.2) is 10.0 Å². The second-order valence-corrected chi connectivity index (χ2v) is 5.19. The number of ether oxygens (including phenoxy) is 1. The molecule has 5 nitrogen and oxygen atoms in total. The molecule has 0 spiro atoms. The number of thioether (sulfide) groups is 1. The first-order valence-corrected chi connectivity index (χ1v) is 6.43. The molecule has 2 rings (SSSR count). The monoisotopic (exact) mass is 245 g/mol. The van der Waals surface area contributed by atoms with Crippen LogP contribution in [0.15, 0.2) is 4.34 Å². The van der Waals surface area contributed by atoms with Crippen LogP contribution >= 0.6 is 23.1 Å². The molecule has 1 aromatic heterocycles. The number of carbonyl (C=O) groups is 1. The molecular formula is C8H11N3O2S2. The van der Waals surface area contributed by atoms with Crippen molar-refractivity contribution in [1.82, 2.24) is 10.3 Å². The number of amides is 1. The van der Waals surface area contributed by atoms with Gasteiger partial charge in [0.25, 0.3) is 5.91 Å². The lowest BCUT2D eigenvalue weighted by atomic mass is 10.2. The third kappa shape index (κ3) is 2.24. The molecule has 7 heteroatoms. The van der Waals surface area contributed by atoms with E-state index in [9.17, 15) is 4.79 Å². The Morgan fingerprint density at radius 2 is 2.47 bits per heavy atom. The predicted molar refractivity (Wildman–Crippen MR) is 60.4 cm³/mol. The minimum absolute atomic E-state index is 0.108. The van der Waals surface area contributed by atoms with Crippen molar-refractivity contribution < 1.29 is 9.53 Å². The van der Waals surface area contributed by atoms with E-state index in [0.29, 0.717) is 23.9 Å². The number of nitrogens with two attached hydrogens (primary N) is 1. The summed E-state index contributed by atoms with van der Waals surface area (Å²) in [6.45, 7) is 1.15. The van der Waals surface area contributed by atoms with Crippen LogP contribution in [0.1, 0.15) is 10.5 Å². The molecule has 1 amide bonds. The van der Waals surface area contributed by atoms with E-state index in [1.54, 1.807) is 0 Å². The van der Waals surface area contributed by atoms with Crippen molar-refractivity contribution >= 4 is 34.0 Å². The summed E-state index contributed by atoms with van der Waals surface area (Å²) in [5, 5.41) is 3.27. The summed E-state index contributed by atoms with van der Waals surface area (Å²) in [6, 6.07) is 0.108. The molecule has 0 unspecified atom stereocenters. The van der Waals surface area contributed by atoms with Crippen LogP contribution in [-0.2, 0) is 4.74 Å². The molecular weight excluding hydrogens is 234 g/mol. The molecule has 0 aromatic carbocycles. The fraction of sp³-hybridized carbons (Fsp3) is 0.500. The fourth-order valence-electron chi connectivity index (χ4n) is 1.13. The molecule has 0 aliphatic carbocycles. The highest BCUT2D eigenvalue weighted by atomic mass is 32.2. The molecule has 1 aliphatic rings. The van der Waals surface area contributed by atoms with Gasteiger partial charge in [-0.3, -0.25) is 4.79 Å². The summed E-state index contributed by atoms with van der Waals surface area (Å²) >= 11 is 2.82. The van der Waals surface area contributed by atoms with Gasteiger partial charge in [-0.2, -0.15) is 0 Å². The smallest absolute Gasteiger partial charge is 0.273 e. The van der Waals surface area contributed by atoms with E-state index in [4.69, 9.17) is 10.5 Å². The van der Waals surface area contributed by atoms with Crippen LogP contribution in [-0.4, -0.2) is 36.4 Å². The molecule has 1 saturated heterocycles. The Labute approximate surface area is 95.4 Å². The van der Waals surface area contributed by atoms with Crippen molar-refractivity contribution in [3.05, 3.63) is 5.69 Å². The highest BCUT2D eigenvalue weighted by Crippen LogP contribution is 2.27. The van der Waals surface area contributed by atoms with Crippen molar-refractivity contribution in [2.75, 3.05) is 25.2 Å². The normalized spacial score (nSPS) is 16.1. The number of nitrogen functional groups attached to an aromatic ring is 1. The average Bonchev–Trinajstić information content (AvgIpc) is 2.53. The maximum Gasteiger partial charge on any atom is 0.273 e. The highest BCUT2D eigenvalue weighted by Gasteiger charge is 2.23. The van der Waals surface area contributed by atoms with Crippen LogP contribution in [0.5, 0.6) is 0 Å². The summed E-state index contributed by atoms with van der Waals surface area (Å²) in [7, 11) is 0. The Bertz CT molecular complexity index is 376. The minimum Gasteiger partial charge on any atom is -0.389 e. The summed E-state index contributed by atoms with van der Waals surface area (Å²) < 4.78 is 5.77. The number of hydrogen-bond acceptors (Lipinski definition) is 6. The summed E-state index contributed by atoms with van der Waals surface area (Å²) in [5.41, 5.74) is 6.03. The Balaban J connectivity index is 2.06. The van der Waals surface area contributed by atoms with Crippen LogP contribution in [0.3, 0.4) is 0 Å². The quantitative estimate of drug-likeness (QED) is 0.762. The van der Waals surface area contributed by atoms with Crippen molar-refractivity contribution in [2.24, 2.45) is 0 Å². The largest absolute Gasteiger partial charge is 0.389 e. The molecule has 82 valence electrons. The Kier molecular flexibility index (Phi) is 3.13. The van der Waals surface area contributed by atoms with Gasteiger partial charge in [-0.05, 0) is 6.26 Å². The first kappa shape index (κ1) is 10.7. The van der Waals surface area contributed by atoms with Crippen LogP contribution in [0.25, 0.3) is 0 Å². The number of carbonyl (C=O) groups excluding carboxylic acids is 1. The van der Waals surface area contributed by atoms with Crippen molar-refractivity contribution in [3.63, 3.8) is 0 Å². The van der Waals surface area contributed by atoms with Crippen LogP contribution in [0, 0.1) is 0 Å². The van der Waals surface area contributed by atoms with E-state index in [1.807, 2.05) is 6.26 Å². The number of nitrogens with one attached hydrogen (secondary N) is 1. The predicted octanol–water partition coefficient (Wildman–Crippen LogP) is 0.576. The number of rotatable bonds is 3. The van der Waals surface area contributed by atoms with E-state index < -0.39 is 0 Å². The lowest BCUT2D eigenvalue weighted by Crippen LogP contribution is -2.48. The number of hydrogen-bond donors (Lipinski definition) is 2. The van der Waals surface area contributed by atoms with Gasteiger partial charge < -0.3 is 15.8 Å². The summed E-state index contributed by atoms with van der Waals surface area (Å²) in [6.07, 6.45) is 1.90. The molecule has 1 aromatic rings. The fourth-order valence-corrected chi connectivity index (χ4v) is 2.48. The van der Waals surface area contributed by atoms with Crippen molar-refractivity contribution in [2.45, 2.75) is 10.4 Å². The molecule has 0 atom stereocenters. The maximum absolute atomic E-state index is 11.7. The Morgan fingerprint density at radius 1 is 1.73 bits per heavy atom. The van der Waals surface area contributed by atoms with Gasteiger partial charge in [-0.15, -0.1) is 0 Å². The molecule has 0 bridgehead atoms. The van der Waals surface area contributed by atoms with Crippen LogP contribution in [0.4, 0.5) is 5.00 Å². The maximum atomic E-state index is 11.7. The van der Waals surface area contributed by atoms with Gasteiger partial charge in [0.1, 0.15) is 5.00 Å². The minimum atomic E-state index is -0.211. The Morgan fingerprint density at radius 3 is 2.93 bits per heavy atom. The summed E-state index contributed by atoms with van der Waals surface area (Å²) in [5.74, 6) is -0.211. The lowest BCUT2D eigenvalue weighted by molar-refractivity contribution is -0.00352. The van der Waals surface area contributed by atoms with Crippen molar-refractivity contribution in [1.29, 1.82) is 0 Å². The Hall–Kier alpha value is -0.790. The molecule has 3 N–H and O–H groups in total. The molecule has 15 heavy (non-hydrogen) atoms. The van der Waals surface area contributed by atoms with Gasteiger partial charge in [-0.25, -0.2) is 4.98 Å². The molecule has 1 fully saturated rings. The molecule has 0 radical (unpaired) electrons. The second kappa shape index (κ2) is 4.38. The molecule has 2 heterocycles.